The molecule has 0 unspecified atom stereocenters. The van der Waals surface area contributed by atoms with Gasteiger partial charge in [0, 0.05) is 23.8 Å². The Bertz CT molecular complexity index is 1180. The molecule has 11 heteroatoms. The molecule has 0 saturated heterocycles. The molecule has 0 bridgehead atoms. The van der Waals surface area contributed by atoms with Crippen molar-refractivity contribution >= 4 is 62.5 Å². The van der Waals surface area contributed by atoms with Crippen LogP contribution in [0.25, 0.3) is 5.82 Å². The number of nitrogens with one attached hydrogen (secondary N) is 1. The number of aryl methyl sites for hydroxylation is 1. The van der Waals surface area contributed by atoms with E-state index in [9.17, 15) is 14.7 Å². The zero-order valence-corrected chi connectivity index (χ0v) is 20.5. The summed E-state index contributed by atoms with van der Waals surface area (Å²) in [6.45, 7) is 5.77. The lowest BCUT2D eigenvalue weighted by atomic mass is 10.1. The normalized spacial score (nSPS) is 11.0. The third-order valence-corrected chi connectivity index (χ3v) is 5.34. The molecule has 0 atom stereocenters. The summed E-state index contributed by atoms with van der Waals surface area (Å²) in [5.74, 6) is -0.186. The molecule has 0 radical (unpaired) electrons. The van der Waals surface area contributed by atoms with Gasteiger partial charge in [0.1, 0.15) is 10.3 Å². The first-order valence-electron chi connectivity index (χ1n) is 9.57. The van der Waals surface area contributed by atoms with Gasteiger partial charge in [0.2, 0.25) is 0 Å². The van der Waals surface area contributed by atoms with E-state index in [2.05, 4.69) is 31.3 Å². The molecule has 0 spiro atoms. The number of carbonyl (C=O) groups excluding carboxylic acids is 1. The van der Waals surface area contributed by atoms with E-state index in [1.54, 1.807) is 25.1 Å². The van der Waals surface area contributed by atoms with Gasteiger partial charge in [-0.15, -0.1) is 0 Å². The number of benzene rings is 1. The molecule has 32 heavy (non-hydrogen) atoms. The monoisotopic (exact) mass is 539 g/mol. The van der Waals surface area contributed by atoms with E-state index in [0.29, 0.717) is 25.9 Å². The van der Waals surface area contributed by atoms with Crippen molar-refractivity contribution in [1.29, 1.82) is 0 Å². The number of rotatable bonds is 6. The van der Waals surface area contributed by atoms with E-state index in [-0.39, 0.29) is 29.7 Å². The SMILES string of the molecule is Cc1cc(Cl)cc(N(CC(C)C)C(=O)O)c1NC(=O)c1cc(Br)nn1-c1ncccc1Cl. The van der Waals surface area contributed by atoms with E-state index >= 15 is 0 Å². The van der Waals surface area contributed by atoms with Gasteiger partial charge < -0.3 is 10.4 Å². The molecule has 0 saturated carbocycles. The minimum Gasteiger partial charge on any atom is -0.465 e. The number of carbonyl (C=O) groups is 2. The molecule has 168 valence electrons. The molecule has 8 nitrogen and oxygen atoms in total. The number of halogens is 3. The van der Waals surface area contributed by atoms with Gasteiger partial charge in [-0.1, -0.05) is 37.0 Å². The Balaban J connectivity index is 2.06. The Kier molecular flexibility index (Phi) is 7.43. The van der Waals surface area contributed by atoms with Gasteiger partial charge in [0.05, 0.1) is 16.4 Å². The summed E-state index contributed by atoms with van der Waals surface area (Å²) in [5.41, 5.74) is 1.38. The quantitative estimate of drug-likeness (QED) is 0.397. The minimum atomic E-state index is -1.15. The van der Waals surface area contributed by atoms with Gasteiger partial charge in [-0.2, -0.15) is 5.10 Å². The first-order chi connectivity index (χ1) is 15.1. The molecule has 2 N–H and O–H groups in total. The Hall–Kier alpha value is -2.62. The molecule has 1 aromatic carbocycles. The van der Waals surface area contributed by atoms with Crippen molar-refractivity contribution in [2.75, 3.05) is 16.8 Å². The van der Waals surface area contributed by atoms with Crippen LogP contribution in [0.5, 0.6) is 0 Å². The summed E-state index contributed by atoms with van der Waals surface area (Å²) in [6, 6.07) is 8.00. The van der Waals surface area contributed by atoms with Gasteiger partial charge in [0.25, 0.3) is 5.91 Å². The number of amides is 2. The predicted molar refractivity (Wildman–Crippen MR) is 128 cm³/mol. The van der Waals surface area contributed by atoms with E-state index in [1.807, 2.05) is 13.8 Å². The molecule has 0 aliphatic rings. The highest BCUT2D eigenvalue weighted by molar-refractivity contribution is 9.10. The summed E-state index contributed by atoms with van der Waals surface area (Å²) in [5, 5.41) is 17.5. The van der Waals surface area contributed by atoms with Crippen molar-refractivity contribution in [1.82, 2.24) is 14.8 Å². The van der Waals surface area contributed by atoms with Crippen LogP contribution in [-0.4, -0.2) is 38.4 Å². The second-order valence-electron chi connectivity index (χ2n) is 7.43. The number of carboxylic acid groups (broad SMARTS) is 1. The number of anilines is 2. The van der Waals surface area contributed by atoms with Crippen LogP contribution >= 0.6 is 39.1 Å². The maximum atomic E-state index is 13.3. The minimum absolute atomic E-state index is 0.0534. The van der Waals surface area contributed by atoms with Gasteiger partial charge in [-0.25, -0.2) is 14.5 Å². The molecule has 2 heterocycles. The fraction of sp³-hybridized carbons (Fsp3) is 0.238. The molecule has 3 aromatic rings. The number of aromatic nitrogens is 3. The topological polar surface area (TPSA) is 100 Å². The molecule has 0 fully saturated rings. The van der Waals surface area contributed by atoms with Crippen LogP contribution in [0.4, 0.5) is 16.2 Å². The molecule has 2 amide bonds. The molecular formula is C21H20BrCl2N5O3. The maximum absolute atomic E-state index is 13.3. The van der Waals surface area contributed by atoms with E-state index in [4.69, 9.17) is 23.2 Å². The summed E-state index contributed by atoms with van der Waals surface area (Å²) in [7, 11) is 0. The fourth-order valence-electron chi connectivity index (χ4n) is 3.13. The molecule has 3 rings (SSSR count). The zero-order valence-electron chi connectivity index (χ0n) is 17.4. The highest BCUT2D eigenvalue weighted by Crippen LogP contribution is 2.34. The Morgan fingerprint density at radius 1 is 1.28 bits per heavy atom. The smallest absolute Gasteiger partial charge is 0.411 e. The van der Waals surface area contributed by atoms with E-state index in [0.717, 1.165) is 0 Å². The summed E-state index contributed by atoms with van der Waals surface area (Å²) in [4.78, 5) is 30.6. The van der Waals surface area contributed by atoms with Crippen molar-refractivity contribution in [2.45, 2.75) is 20.8 Å². The first-order valence-corrected chi connectivity index (χ1v) is 11.1. The average Bonchev–Trinajstić information content (AvgIpc) is 3.09. The van der Waals surface area contributed by atoms with Crippen LogP contribution < -0.4 is 10.2 Å². The van der Waals surface area contributed by atoms with Gasteiger partial charge >= 0.3 is 6.09 Å². The number of hydrogen-bond donors (Lipinski definition) is 2. The van der Waals surface area contributed by atoms with Gasteiger partial charge in [0.15, 0.2) is 5.82 Å². The van der Waals surface area contributed by atoms with E-state index < -0.39 is 12.0 Å². The second-order valence-corrected chi connectivity index (χ2v) is 9.09. The third-order valence-electron chi connectivity index (χ3n) is 4.44. The lowest BCUT2D eigenvalue weighted by Gasteiger charge is -2.25. The Morgan fingerprint density at radius 3 is 2.62 bits per heavy atom. The zero-order chi connectivity index (χ0) is 23.6. The first kappa shape index (κ1) is 24.0. The van der Waals surface area contributed by atoms with Crippen LogP contribution in [0.1, 0.15) is 29.9 Å². The van der Waals surface area contributed by atoms with Crippen LogP contribution in [0, 0.1) is 12.8 Å². The van der Waals surface area contributed by atoms with Crippen molar-refractivity contribution in [3.05, 3.63) is 62.4 Å². The van der Waals surface area contributed by atoms with Gasteiger partial charge in [-0.3, -0.25) is 9.69 Å². The van der Waals surface area contributed by atoms with Gasteiger partial charge in [-0.05, 0) is 58.6 Å². The largest absolute Gasteiger partial charge is 0.465 e. The van der Waals surface area contributed by atoms with Crippen molar-refractivity contribution in [3.63, 3.8) is 0 Å². The van der Waals surface area contributed by atoms with Crippen LogP contribution in [-0.2, 0) is 0 Å². The Labute approximate surface area is 203 Å². The summed E-state index contributed by atoms with van der Waals surface area (Å²) < 4.78 is 1.72. The number of nitrogens with zero attached hydrogens (tertiary/aromatic N) is 4. The van der Waals surface area contributed by atoms with E-state index in [1.165, 1.54) is 27.9 Å². The lowest BCUT2D eigenvalue weighted by Crippen LogP contribution is -2.34. The number of pyridine rings is 1. The second kappa shape index (κ2) is 9.89. The van der Waals surface area contributed by atoms with Crippen LogP contribution in [0.15, 0.2) is 41.1 Å². The standard InChI is InChI=1S/C21H20BrCl2N5O3/c1-11(2)10-28(21(31)32)15-8-13(23)7-12(3)18(15)26-20(30)16-9-17(22)27-29(16)19-14(24)5-4-6-25-19/h4-9,11H,10H2,1-3H3,(H,26,30)(H,31,32). The maximum Gasteiger partial charge on any atom is 0.411 e. The molecule has 0 aliphatic carbocycles. The van der Waals surface area contributed by atoms with Crippen molar-refractivity contribution < 1.29 is 14.7 Å². The summed E-state index contributed by atoms with van der Waals surface area (Å²) in [6.07, 6.45) is 0.389. The lowest BCUT2D eigenvalue weighted by molar-refractivity contribution is 0.101. The third kappa shape index (κ3) is 5.23. The van der Waals surface area contributed by atoms with Crippen molar-refractivity contribution in [2.24, 2.45) is 5.92 Å². The highest BCUT2D eigenvalue weighted by Gasteiger charge is 2.25. The molecule has 2 aromatic heterocycles. The fourth-order valence-corrected chi connectivity index (χ4v) is 3.98. The predicted octanol–water partition coefficient (Wildman–Crippen LogP) is 6.04. The Morgan fingerprint density at radius 2 is 2.00 bits per heavy atom. The molecular weight excluding hydrogens is 521 g/mol. The molecule has 0 aliphatic heterocycles. The average molecular weight is 541 g/mol. The van der Waals surface area contributed by atoms with Crippen LogP contribution in [0.2, 0.25) is 10.0 Å². The number of hydrogen-bond acceptors (Lipinski definition) is 4. The van der Waals surface area contributed by atoms with Crippen molar-refractivity contribution in [3.8, 4) is 5.82 Å². The highest BCUT2D eigenvalue weighted by atomic mass is 79.9. The summed E-state index contributed by atoms with van der Waals surface area (Å²) >= 11 is 15.7. The van der Waals surface area contributed by atoms with Crippen LogP contribution in [0.3, 0.4) is 0 Å².